The number of ether oxygens (including phenoxy) is 1. The molecule has 0 aliphatic carbocycles. The standard InChI is InChI=1S/C12H14ClN3O3S/c1-7-5-9(13)12(19-3)15-11(7)16-8(2)10(6-14-16)20(4,17)18/h5-6H,1-4H3. The van der Waals surface area contributed by atoms with Crippen molar-refractivity contribution in [2.75, 3.05) is 13.4 Å². The van der Waals surface area contributed by atoms with Crippen LogP contribution < -0.4 is 4.74 Å². The summed E-state index contributed by atoms with van der Waals surface area (Å²) >= 11 is 5.99. The van der Waals surface area contributed by atoms with Crippen LogP contribution in [-0.4, -0.2) is 36.5 Å². The van der Waals surface area contributed by atoms with Crippen LogP contribution in [0.3, 0.4) is 0 Å². The van der Waals surface area contributed by atoms with Crippen molar-refractivity contribution in [3.8, 4) is 11.7 Å². The third-order valence-corrected chi connectivity index (χ3v) is 4.34. The molecule has 0 atom stereocenters. The molecule has 0 fully saturated rings. The Morgan fingerprint density at radius 2 is 2.00 bits per heavy atom. The van der Waals surface area contributed by atoms with E-state index in [1.54, 1.807) is 13.0 Å². The van der Waals surface area contributed by atoms with E-state index in [2.05, 4.69) is 10.1 Å². The van der Waals surface area contributed by atoms with Gasteiger partial charge in [-0.3, -0.25) is 0 Å². The highest BCUT2D eigenvalue weighted by atomic mass is 35.5. The molecule has 0 aliphatic heterocycles. The van der Waals surface area contributed by atoms with Crippen molar-refractivity contribution in [2.24, 2.45) is 0 Å². The second-order valence-electron chi connectivity index (χ2n) is 4.40. The van der Waals surface area contributed by atoms with Gasteiger partial charge in [0.2, 0.25) is 5.88 Å². The number of aryl methyl sites for hydroxylation is 1. The summed E-state index contributed by atoms with van der Waals surface area (Å²) in [7, 11) is -1.86. The van der Waals surface area contributed by atoms with Crippen LogP contribution in [0.25, 0.3) is 5.82 Å². The van der Waals surface area contributed by atoms with Crippen LogP contribution in [0.4, 0.5) is 0 Å². The van der Waals surface area contributed by atoms with Crippen molar-refractivity contribution < 1.29 is 13.2 Å². The molecule has 20 heavy (non-hydrogen) atoms. The summed E-state index contributed by atoms with van der Waals surface area (Å²) in [6, 6.07) is 1.70. The fourth-order valence-corrected chi connectivity index (χ4v) is 3.03. The molecule has 0 radical (unpaired) electrons. The van der Waals surface area contributed by atoms with E-state index < -0.39 is 9.84 Å². The van der Waals surface area contributed by atoms with Gasteiger partial charge in [-0.1, -0.05) is 11.6 Å². The highest BCUT2D eigenvalue weighted by molar-refractivity contribution is 7.90. The maximum absolute atomic E-state index is 11.6. The van der Waals surface area contributed by atoms with E-state index in [1.165, 1.54) is 18.0 Å². The van der Waals surface area contributed by atoms with Crippen LogP contribution in [0, 0.1) is 13.8 Å². The van der Waals surface area contributed by atoms with E-state index in [9.17, 15) is 8.42 Å². The van der Waals surface area contributed by atoms with Crippen LogP contribution in [-0.2, 0) is 9.84 Å². The third-order valence-electron chi connectivity index (χ3n) is 2.87. The molecule has 0 saturated heterocycles. The van der Waals surface area contributed by atoms with Gasteiger partial charge in [-0.25, -0.2) is 13.1 Å². The van der Waals surface area contributed by atoms with Gasteiger partial charge in [0, 0.05) is 6.26 Å². The Labute approximate surface area is 122 Å². The average Bonchev–Trinajstić information content (AvgIpc) is 2.71. The Morgan fingerprint density at radius 3 is 2.50 bits per heavy atom. The summed E-state index contributed by atoms with van der Waals surface area (Å²) in [5, 5.41) is 4.49. The third kappa shape index (κ3) is 2.51. The van der Waals surface area contributed by atoms with Crippen LogP contribution in [0.15, 0.2) is 17.2 Å². The van der Waals surface area contributed by atoms with Crippen molar-refractivity contribution in [3.05, 3.63) is 28.5 Å². The van der Waals surface area contributed by atoms with Crippen LogP contribution in [0.2, 0.25) is 5.02 Å². The summed E-state index contributed by atoms with van der Waals surface area (Å²) in [5.41, 5.74) is 1.26. The first-order valence-electron chi connectivity index (χ1n) is 5.72. The molecule has 108 valence electrons. The molecule has 0 bridgehead atoms. The molecule has 0 aromatic carbocycles. The van der Waals surface area contributed by atoms with E-state index >= 15 is 0 Å². The van der Waals surface area contributed by atoms with Gasteiger partial charge >= 0.3 is 0 Å². The van der Waals surface area contributed by atoms with Crippen LogP contribution in [0.5, 0.6) is 5.88 Å². The lowest BCUT2D eigenvalue weighted by molar-refractivity contribution is 0.397. The van der Waals surface area contributed by atoms with Crippen molar-refractivity contribution >= 4 is 21.4 Å². The molecule has 0 aliphatic rings. The number of halogens is 1. The number of sulfone groups is 1. The Hall–Kier alpha value is -1.60. The fourth-order valence-electron chi connectivity index (χ4n) is 1.88. The molecule has 2 aromatic heterocycles. The molecule has 2 rings (SSSR count). The zero-order valence-corrected chi connectivity index (χ0v) is 13.1. The zero-order chi connectivity index (χ0) is 15.1. The Balaban J connectivity index is 2.67. The van der Waals surface area contributed by atoms with E-state index in [0.29, 0.717) is 16.5 Å². The lowest BCUT2D eigenvalue weighted by Crippen LogP contribution is -2.07. The quantitative estimate of drug-likeness (QED) is 0.865. The number of nitrogens with zero attached hydrogens (tertiary/aromatic N) is 3. The molecular weight excluding hydrogens is 302 g/mol. The number of rotatable bonds is 3. The summed E-state index contributed by atoms with van der Waals surface area (Å²) in [4.78, 5) is 4.44. The van der Waals surface area contributed by atoms with Gasteiger partial charge in [-0.05, 0) is 25.5 Å². The predicted molar refractivity (Wildman–Crippen MR) is 75.5 cm³/mol. The van der Waals surface area contributed by atoms with Gasteiger partial charge < -0.3 is 4.74 Å². The van der Waals surface area contributed by atoms with Gasteiger partial charge in [-0.15, -0.1) is 0 Å². The van der Waals surface area contributed by atoms with Gasteiger partial charge in [-0.2, -0.15) is 10.1 Å². The van der Waals surface area contributed by atoms with Crippen LogP contribution in [0.1, 0.15) is 11.3 Å². The van der Waals surface area contributed by atoms with Crippen molar-refractivity contribution in [3.63, 3.8) is 0 Å². The maximum atomic E-state index is 11.6. The van der Waals surface area contributed by atoms with Gasteiger partial charge in [0.1, 0.15) is 9.92 Å². The fraction of sp³-hybridized carbons (Fsp3) is 0.333. The number of methoxy groups -OCH3 is 1. The normalized spacial score (nSPS) is 11.7. The minimum Gasteiger partial charge on any atom is -0.480 e. The number of pyridine rings is 1. The van der Waals surface area contributed by atoms with E-state index in [1.807, 2.05) is 6.92 Å². The Morgan fingerprint density at radius 1 is 1.35 bits per heavy atom. The minimum absolute atomic E-state index is 0.174. The number of aromatic nitrogens is 3. The maximum Gasteiger partial charge on any atom is 0.234 e. The molecule has 2 aromatic rings. The molecule has 8 heteroatoms. The average molecular weight is 316 g/mol. The molecule has 0 unspecified atom stereocenters. The molecule has 0 spiro atoms. The van der Waals surface area contributed by atoms with E-state index in [4.69, 9.17) is 16.3 Å². The van der Waals surface area contributed by atoms with E-state index in [-0.39, 0.29) is 10.8 Å². The predicted octanol–water partition coefficient (Wildman–Crippen LogP) is 1.95. The minimum atomic E-state index is -3.33. The first kappa shape index (κ1) is 14.8. The molecular formula is C12H14ClN3O3S. The van der Waals surface area contributed by atoms with Crippen LogP contribution >= 0.6 is 11.6 Å². The van der Waals surface area contributed by atoms with Gasteiger partial charge in [0.15, 0.2) is 15.7 Å². The van der Waals surface area contributed by atoms with Crippen molar-refractivity contribution in [2.45, 2.75) is 18.7 Å². The Kier molecular flexibility index (Phi) is 3.75. The molecule has 0 saturated carbocycles. The molecule has 2 heterocycles. The lowest BCUT2D eigenvalue weighted by Gasteiger charge is -2.10. The first-order valence-corrected chi connectivity index (χ1v) is 7.99. The number of hydrogen-bond donors (Lipinski definition) is 0. The summed E-state index contributed by atoms with van der Waals surface area (Å²) in [6.45, 7) is 3.49. The second-order valence-corrected chi connectivity index (χ2v) is 6.79. The Bertz CT molecular complexity index is 768. The monoisotopic (exact) mass is 315 g/mol. The lowest BCUT2D eigenvalue weighted by atomic mass is 10.3. The summed E-state index contributed by atoms with van der Waals surface area (Å²) in [6.07, 6.45) is 2.46. The van der Waals surface area contributed by atoms with Crippen molar-refractivity contribution in [1.29, 1.82) is 0 Å². The highest BCUT2D eigenvalue weighted by Gasteiger charge is 2.19. The smallest absolute Gasteiger partial charge is 0.234 e. The first-order chi connectivity index (χ1) is 9.25. The summed E-state index contributed by atoms with van der Waals surface area (Å²) < 4.78 is 29.8. The largest absolute Gasteiger partial charge is 0.480 e. The summed E-state index contributed by atoms with van der Waals surface area (Å²) in [5.74, 6) is 0.752. The van der Waals surface area contributed by atoms with Gasteiger partial charge in [0.25, 0.3) is 0 Å². The highest BCUT2D eigenvalue weighted by Crippen LogP contribution is 2.27. The van der Waals surface area contributed by atoms with Gasteiger partial charge in [0.05, 0.1) is 19.0 Å². The second kappa shape index (κ2) is 5.06. The molecule has 0 N–H and O–H groups in total. The SMILES string of the molecule is COc1nc(-n2ncc(S(C)(=O)=O)c2C)c(C)cc1Cl. The topological polar surface area (TPSA) is 74.1 Å². The van der Waals surface area contributed by atoms with Crippen molar-refractivity contribution in [1.82, 2.24) is 14.8 Å². The van der Waals surface area contributed by atoms with E-state index in [0.717, 1.165) is 11.8 Å². The zero-order valence-electron chi connectivity index (χ0n) is 11.5. The molecule has 0 amide bonds. The number of hydrogen-bond acceptors (Lipinski definition) is 5. The molecule has 6 nitrogen and oxygen atoms in total.